The van der Waals surface area contributed by atoms with Crippen LogP contribution in [0.5, 0.6) is 0 Å². The van der Waals surface area contributed by atoms with Gasteiger partial charge in [-0.05, 0) is 24.3 Å². The maximum Gasteiger partial charge on any atom is 0.264 e. The minimum atomic E-state index is -0.192. The molecule has 0 saturated carbocycles. The summed E-state index contributed by atoms with van der Waals surface area (Å²) in [5.74, 6) is 0.762. The number of hydrogen-bond donors (Lipinski definition) is 0. The first kappa shape index (κ1) is 16.8. The predicted molar refractivity (Wildman–Crippen MR) is 102 cm³/mol. The second-order valence-electron chi connectivity index (χ2n) is 5.58. The summed E-state index contributed by atoms with van der Waals surface area (Å²) < 4.78 is 3.19. The van der Waals surface area contributed by atoms with Crippen molar-refractivity contribution in [2.24, 2.45) is 0 Å². The van der Waals surface area contributed by atoms with E-state index in [1.165, 1.54) is 10.8 Å². The number of fused-ring (bicyclic) bond motifs is 1. The van der Waals surface area contributed by atoms with Crippen LogP contribution in [0.2, 0.25) is 5.15 Å². The summed E-state index contributed by atoms with van der Waals surface area (Å²) in [6.45, 7) is 0.331. The highest BCUT2D eigenvalue weighted by molar-refractivity contribution is 6.29. The lowest BCUT2D eigenvalue weighted by Crippen LogP contribution is -2.24. The monoisotopic (exact) mass is 385 g/mol. The third kappa shape index (κ3) is 2.87. The molecule has 0 atom stereocenters. The van der Waals surface area contributed by atoms with Crippen LogP contribution < -0.4 is 5.56 Å². The summed E-state index contributed by atoms with van der Waals surface area (Å²) in [6.07, 6.45) is 3.12. The van der Waals surface area contributed by atoms with Crippen molar-refractivity contribution in [1.29, 1.82) is 0 Å². The van der Waals surface area contributed by atoms with Crippen molar-refractivity contribution in [3.8, 4) is 17.1 Å². The molecule has 0 unspecified atom stereocenters. The zero-order valence-electron chi connectivity index (χ0n) is 13.5. The Balaban J connectivity index is 2.01. The summed E-state index contributed by atoms with van der Waals surface area (Å²) >= 11 is 11.8. The average Bonchev–Trinajstić information content (AvgIpc) is 3.10. The van der Waals surface area contributed by atoms with Gasteiger partial charge in [-0.15, -0.1) is 11.6 Å². The number of halogens is 2. The maximum absolute atomic E-state index is 13.0. The first-order valence-corrected chi connectivity index (χ1v) is 8.82. The summed E-state index contributed by atoms with van der Waals surface area (Å²) in [7, 11) is 0. The summed E-state index contributed by atoms with van der Waals surface area (Å²) in [4.78, 5) is 21.8. The van der Waals surface area contributed by atoms with E-state index in [1.807, 2.05) is 30.3 Å². The lowest BCUT2D eigenvalue weighted by atomic mass is 10.2. The van der Waals surface area contributed by atoms with E-state index in [9.17, 15) is 4.79 Å². The van der Waals surface area contributed by atoms with E-state index in [1.54, 1.807) is 23.0 Å². The number of pyridine rings is 1. The Labute approximate surface area is 158 Å². The van der Waals surface area contributed by atoms with E-state index in [0.717, 1.165) is 5.69 Å². The fourth-order valence-corrected chi connectivity index (χ4v) is 3.06. The van der Waals surface area contributed by atoms with Gasteiger partial charge in [0, 0.05) is 24.2 Å². The van der Waals surface area contributed by atoms with Gasteiger partial charge in [0.05, 0.1) is 11.9 Å². The molecule has 0 aliphatic heterocycles. The van der Waals surface area contributed by atoms with Crippen LogP contribution in [0, 0.1) is 0 Å². The minimum absolute atomic E-state index is 0.192. The van der Waals surface area contributed by atoms with E-state index in [2.05, 4.69) is 10.1 Å². The topological polar surface area (TPSA) is 65.6 Å². The van der Waals surface area contributed by atoms with Crippen LogP contribution in [0.15, 0.2) is 59.7 Å². The summed E-state index contributed by atoms with van der Waals surface area (Å²) in [5.41, 5.74) is 1.80. The molecular weight excluding hydrogens is 373 g/mol. The second kappa shape index (κ2) is 6.90. The number of aromatic nitrogens is 5. The number of nitrogens with zero attached hydrogens (tertiary/aromatic N) is 5. The molecule has 4 aromatic rings. The molecule has 3 heterocycles. The van der Waals surface area contributed by atoms with Crippen LogP contribution in [-0.2, 0) is 6.54 Å². The van der Waals surface area contributed by atoms with Crippen LogP contribution in [0.1, 0.15) is 0 Å². The van der Waals surface area contributed by atoms with E-state index >= 15 is 0 Å². The van der Waals surface area contributed by atoms with Crippen molar-refractivity contribution in [1.82, 2.24) is 24.3 Å². The van der Waals surface area contributed by atoms with Gasteiger partial charge in [0.25, 0.3) is 5.56 Å². The third-order valence-electron chi connectivity index (χ3n) is 3.98. The zero-order valence-corrected chi connectivity index (χ0v) is 15.0. The minimum Gasteiger partial charge on any atom is -0.291 e. The zero-order chi connectivity index (χ0) is 18.1. The molecule has 0 aliphatic rings. The van der Waals surface area contributed by atoms with Gasteiger partial charge in [0.2, 0.25) is 0 Å². The fraction of sp³-hybridized carbons (Fsp3) is 0.111. The van der Waals surface area contributed by atoms with Gasteiger partial charge >= 0.3 is 0 Å². The number of benzene rings is 1. The van der Waals surface area contributed by atoms with Crippen molar-refractivity contribution >= 4 is 34.2 Å². The Hall–Kier alpha value is -2.70. The number of para-hydroxylation sites is 1. The Morgan fingerprint density at radius 3 is 2.54 bits per heavy atom. The van der Waals surface area contributed by atoms with Crippen molar-refractivity contribution in [3.63, 3.8) is 0 Å². The second-order valence-corrected chi connectivity index (χ2v) is 6.35. The molecule has 0 N–H and O–H groups in total. The molecule has 6 nitrogen and oxygen atoms in total. The quantitative estimate of drug-likeness (QED) is 0.398. The standard InChI is InChI=1S/C18H13Cl2N5O/c19-8-9-24-16(12-6-7-15(20)21-10-12)23-17-14(18(24)26)11-22-25(17)13-4-2-1-3-5-13/h1-7,10-11H,8-9H2. The molecule has 130 valence electrons. The normalized spacial score (nSPS) is 11.2. The molecule has 0 bridgehead atoms. The lowest BCUT2D eigenvalue weighted by molar-refractivity contribution is 0.730. The van der Waals surface area contributed by atoms with Crippen molar-refractivity contribution < 1.29 is 0 Å². The Morgan fingerprint density at radius 1 is 1.04 bits per heavy atom. The molecule has 8 heteroatoms. The van der Waals surface area contributed by atoms with Crippen LogP contribution >= 0.6 is 23.2 Å². The van der Waals surface area contributed by atoms with E-state index in [-0.39, 0.29) is 11.4 Å². The highest BCUT2D eigenvalue weighted by atomic mass is 35.5. The van der Waals surface area contributed by atoms with Crippen LogP contribution in [0.4, 0.5) is 0 Å². The van der Waals surface area contributed by atoms with Crippen molar-refractivity contribution in [3.05, 3.63) is 70.4 Å². The van der Waals surface area contributed by atoms with Gasteiger partial charge in [-0.2, -0.15) is 5.10 Å². The van der Waals surface area contributed by atoms with Crippen LogP contribution in [0.25, 0.3) is 28.1 Å². The first-order chi connectivity index (χ1) is 12.7. The molecular formula is C18H13Cl2N5O. The van der Waals surface area contributed by atoms with Crippen LogP contribution in [-0.4, -0.2) is 30.2 Å². The molecule has 26 heavy (non-hydrogen) atoms. The average molecular weight is 386 g/mol. The van der Waals surface area contributed by atoms with Gasteiger partial charge in [-0.1, -0.05) is 29.8 Å². The molecule has 0 spiro atoms. The molecule has 0 fully saturated rings. The molecule has 4 rings (SSSR count). The SMILES string of the molecule is O=c1c2cnn(-c3ccccc3)c2nc(-c2ccc(Cl)nc2)n1CCCl. The molecule has 0 aliphatic carbocycles. The first-order valence-electron chi connectivity index (χ1n) is 7.91. The van der Waals surface area contributed by atoms with E-state index in [0.29, 0.717) is 34.1 Å². The van der Waals surface area contributed by atoms with Crippen molar-refractivity contribution in [2.45, 2.75) is 6.54 Å². The molecule has 0 amide bonds. The van der Waals surface area contributed by atoms with Crippen molar-refractivity contribution in [2.75, 3.05) is 5.88 Å². The highest BCUT2D eigenvalue weighted by Crippen LogP contribution is 2.21. The summed E-state index contributed by atoms with van der Waals surface area (Å²) in [5, 5.41) is 5.15. The number of rotatable bonds is 4. The van der Waals surface area contributed by atoms with Gasteiger partial charge < -0.3 is 0 Å². The highest BCUT2D eigenvalue weighted by Gasteiger charge is 2.17. The molecule has 0 radical (unpaired) electrons. The van der Waals surface area contributed by atoms with Gasteiger partial charge in [-0.25, -0.2) is 14.6 Å². The predicted octanol–water partition coefficient (Wildman–Crippen LogP) is 3.54. The Bertz CT molecular complexity index is 1120. The smallest absolute Gasteiger partial charge is 0.264 e. The summed E-state index contributed by atoms with van der Waals surface area (Å²) in [6, 6.07) is 13.0. The fourth-order valence-electron chi connectivity index (χ4n) is 2.78. The van der Waals surface area contributed by atoms with Gasteiger partial charge in [-0.3, -0.25) is 9.36 Å². The van der Waals surface area contributed by atoms with Crippen LogP contribution in [0.3, 0.4) is 0 Å². The lowest BCUT2D eigenvalue weighted by Gasteiger charge is -2.12. The molecule has 3 aromatic heterocycles. The van der Waals surface area contributed by atoms with E-state index < -0.39 is 0 Å². The number of hydrogen-bond acceptors (Lipinski definition) is 4. The third-order valence-corrected chi connectivity index (χ3v) is 4.37. The Morgan fingerprint density at radius 2 is 1.85 bits per heavy atom. The largest absolute Gasteiger partial charge is 0.291 e. The van der Waals surface area contributed by atoms with E-state index in [4.69, 9.17) is 28.2 Å². The Kier molecular flexibility index (Phi) is 4.44. The number of alkyl halides is 1. The van der Waals surface area contributed by atoms with Gasteiger partial charge in [0.15, 0.2) is 5.65 Å². The molecule has 0 saturated heterocycles. The van der Waals surface area contributed by atoms with Gasteiger partial charge in [0.1, 0.15) is 16.4 Å². The maximum atomic E-state index is 13.0. The molecule has 1 aromatic carbocycles.